The van der Waals surface area contributed by atoms with Crippen LogP contribution in [-0.2, 0) is 0 Å². The van der Waals surface area contributed by atoms with Gasteiger partial charge in [-0.3, -0.25) is 4.79 Å². The number of hydrogen-bond donors (Lipinski definition) is 2. The summed E-state index contributed by atoms with van der Waals surface area (Å²) in [5.74, 6) is -0.0334. The van der Waals surface area contributed by atoms with Gasteiger partial charge in [0.2, 0.25) is 0 Å². The number of pyridine rings is 2. The molecule has 0 bridgehead atoms. The van der Waals surface area contributed by atoms with Gasteiger partial charge in [-0.25, -0.2) is 9.97 Å². The minimum absolute atomic E-state index is 0.0334. The Morgan fingerprint density at radius 2 is 2.07 bits per heavy atom. The Morgan fingerprint density at radius 1 is 1.22 bits per heavy atom. The molecule has 134 valence electrons. The van der Waals surface area contributed by atoms with Gasteiger partial charge in [0.05, 0.1) is 5.52 Å². The summed E-state index contributed by atoms with van der Waals surface area (Å²) in [6, 6.07) is 10.0. The molecule has 3 aromatic heterocycles. The van der Waals surface area contributed by atoms with E-state index in [0.29, 0.717) is 16.8 Å². The van der Waals surface area contributed by atoms with Crippen LogP contribution in [0.1, 0.15) is 28.8 Å². The smallest absolute Gasteiger partial charge is 0.251 e. The van der Waals surface area contributed by atoms with E-state index in [2.05, 4.69) is 26.3 Å². The van der Waals surface area contributed by atoms with Gasteiger partial charge < -0.3 is 10.3 Å². The Hall–Kier alpha value is -2.92. The van der Waals surface area contributed by atoms with Gasteiger partial charge in [0.15, 0.2) is 5.15 Å². The number of carbonyl (C=O) groups is 1. The fraction of sp³-hybridized carbons (Fsp3) is 0.190. The molecule has 1 saturated carbocycles. The first-order valence-corrected chi connectivity index (χ1v) is 9.32. The normalized spacial score (nSPS) is 14.0. The molecule has 1 aliphatic rings. The Balaban J connectivity index is 1.71. The molecule has 5 nitrogen and oxygen atoms in total. The monoisotopic (exact) mass is 376 g/mol. The summed E-state index contributed by atoms with van der Waals surface area (Å²) < 4.78 is 0. The first-order chi connectivity index (χ1) is 13.1. The molecule has 1 fully saturated rings. The third-order valence-electron chi connectivity index (χ3n) is 4.92. The molecule has 6 heteroatoms. The summed E-state index contributed by atoms with van der Waals surface area (Å²) in [6.45, 7) is 2.01. The molecule has 5 rings (SSSR count). The number of carbonyl (C=O) groups excluding carboxylic acids is 1. The Kier molecular flexibility index (Phi) is 3.65. The van der Waals surface area contributed by atoms with Crippen molar-refractivity contribution in [2.24, 2.45) is 0 Å². The lowest BCUT2D eigenvalue weighted by Gasteiger charge is -2.08. The molecule has 0 aliphatic heterocycles. The van der Waals surface area contributed by atoms with Crippen molar-refractivity contribution in [1.29, 1.82) is 0 Å². The lowest BCUT2D eigenvalue weighted by Crippen LogP contribution is -2.25. The predicted molar refractivity (Wildman–Crippen MR) is 107 cm³/mol. The van der Waals surface area contributed by atoms with Crippen LogP contribution in [0.15, 0.2) is 42.7 Å². The van der Waals surface area contributed by atoms with Crippen LogP contribution in [0.25, 0.3) is 33.1 Å². The fourth-order valence-electron chi connectivity index (χ4n) is 3.40. The summed E-state index contributed by atoms with van der Waals surface area (Å²) in [5.41, 5.74) is 5.10. The quantitative estimate of drug-likeness (QED) is 0.512. The van der Waals surface area contributed by atoms with Crippen LogP contribution in [-0.4, -0.2) is 26.9 Å². The van der Waals surface area contributed by atoms with Crippen LogP contribution in [0.4, 0.5) is 0 Å². The van der Waals surface area contributed by atoms with Gasteiger partial charge in [-0.1, -0.05) is 23.7 Å². The van der Waals surface area contributed by atoms with E-state index in [1.165, 1.54) is 0 Å². The number of aromatic nitrogens is 3. The van der Waals surface area contributed by atoms with E-state index in [4.69, 9.17) is 11.6 Å². The number of nitrogens with one attached hydrogen (secondary N) is 2. The van der Waals surface area contributed by atoms with Crippen LogP contribution in [0.3, 0.4) is 0 Å². The number of H-pyrrole nitrogens is 1. The molecule has 4 aromatic rings. The van der Waals surface area contributed by atoms with Crippen LogP contribution in [0.5, 0.6) is 0 Å². The van der Waals surface area contributed by atoms with E-state index in [-0.39, 0.29) is 5.91 Å². The van der Waals surface area contributed by atoms with Crippen molar-refractivity contribution in [1.82, 2.24) is 20.3 Å². The van der Waals surface area contributed by atoms with Gasteiger partial charge >= 0.3 is 0 Å². The maximum Gasteiger partial charge on any atom is 0.251 e. The zero-order chi connectivity index (χ0) is 18.5. The average Bonchev–Trinajstić information content (AvgIpc) is 3.40. The summed E-state index contributed by atoms with van der Waals surface area (Å²) in [5, 5.41) is 5.42. The van der Waals surface area contributed by atoms with Gasteiger partial charge in [0.1, 0.15) is 5.65 Å². The standard InChI is InChI=1S/C21H17ClN4O/c1-11-7-15-17-16(10-23-19(22)18(17)26-20(15)24-9-11)12-3-2-4-13(8-12)21(27)25-14-5-6-14/h2-4,7-10,14H,5-6H2,1H3,(H,24,26)(H,25,27). The van der Waals surface area contributed by atoms with E-state index in [1.54, 1.807) is 6.20 Å². The maximum atomic E-state index is 12.4. The molecule has 3 heterocycles. The second-order valence-electron chi connectivity index (χ2n) is 7.08. The van der Waals surface area contributed by atoms with Crippen molar-refractivity contribution >= 4 is 39.4 Å². The lowest BCUT2D eigenvalue weighted by atomic mass is 10.00. The number of fused-ring (bicyclic) bond motifs is 3. The van der Waals surface area contributed by atoms with E-state index < -0.39 is 0 Å². The molecular weight excluding hydrogens is 360 g/mol. The molecule has 0 atom stereocenters. The highest BCUT2D eigenvalue weighted by Crippen LogP contribution is 2.36. The first-order valence-electron chi connectivity index (χ1n) is 8.94. The van der Waals surface area contributed by atoms with Crippen LogP contribution in [0.2, 0.25) is 5.15 Å². The van der Waals surface area contributed by atoms with Gasteiger partial charge in [-0.2, -0.15) is 0 Å². The number of amides is 1. The topological polar surface area (TPSA) is 70.7 Å². The van der Waals surface area contributed by atoms with Gasteiger partial charge in [-0.15, -0.1) is 0 Å². The minimum atomic E-state index is -0.0334. The summed E-state index contributed by atoms with van der Waals surface area (Å²) >= 11 is 6.34. The maximum absolute atomic E-state index is 12.4. The Morgan fingerprint density at radius 3 is 2.89 bits per heavy atom. The zero-order valence-corrected chi connectivity index (χ0v) is 15.5. The number of nitrogens with zero attached hydrogens (tertiary/aromatic N) is 2. The largest absolute Gasteiger partial charge is 0.349 e. The number of halogens is 1. The molecule has 0 spiro atoms. The van der Waals surface area contributed by atoms with Crippen LogP contribution >= 0.6 is 11.6 Å². The van der Waals surface area contributed by atoms with Gasteiger partial charge in [-0.05, 0) is 49.1 Å². The molecular formula is C21H17ClN4O. The van der Waals surface area contributed by atoms with Crippen molar-refractivity contribution in [3.05, 3.63) is 59.0 Å². The molecule has 1 aromatic carbocycles. The third-order valence-corrected chi connectivity index (χ3v) is 5.20. The highest BCUT2D eigenvalue weighted by Gasteiger charge is 2.24. The van der Waals surface area contributed by atoms with E-state index in [1.807, 2.05) is 37.4 Å². The number of aromatic amines is 1. The van der Waals surface area contributed by atoms with Gasteiger partial charge in [0, 0.05) is 40.3 Å². The number of aryl methyl sites for hydroxylation is 1. The van der Waals surface area contributed by atoms with E-state index in [0.717, 1.165) is 51.5 Å². The fourth-order valence-corrected chi connectivity index (χ4v) is 3.59. The number of hydrogen-bond acceptors (Lipinski definition) is 3. The molecule has 27 heavy (non-hydrogen) atoms. The SMILES string of the molecule is Cc1cnc2[nH]c3c(Cl)ncc(-c4cccc(C(=O)NC5CC5)c4)c3c2c1. The highest BCUT2D eigenvalue weighted by atomic mass is 35.5. The zero-order valence-electron chi connectivity index (χ0n) is 14.7. The summed E-state index contributed by atoms with van der Waals surface area (Å²) in [7, 11) is 0. The number of benzene rings is 1. The van der Waals surface area contributed by atoms with Crippen LogP contribution < -0.4 is 5.32 Å². The summed E-state index contributed by atoms with van der Waals surface area (Å²) in [4.78, 5) is 24.5. The molecule has 2 N–H and O–H groups in total. The molecule has 0 radical (unpaired) electrons. The molecule has 1 amide bonds. The average molecular weight is 377 g/mol. The van der Waals surface area contributed by atoms with Crippen molar-refractivity contribution in [3.63, 3.8) is 0 Å². The Bertz CT molecular complexity index is 1210. The van der Waals surface area contributed by atoms with Crippen LogP contribution in [0, 0.1) is 6.92 Å². The molecule has 1 aliphatic carbocycles. The second kappa shape index (κ2) is 6.06. The first kappa shape index (κ1) is 16.3. The van der Waals surface area contributed by atoms with E-state index >= 15 is 0 Å². The Labute approximate surface area is 160 Å². The van der Waals surface area contributed by atoms with Crippen molar-refractivity contribution in [2.75, 3.05) is 0 Å². The lowest BCUT2D eigenvalue weighted by molar-refractivity contribution is 0.0951. The molecule has 0 unspecified atom stereocenters. The summed E-state index contributed by atoms with van der Waals surface area (Å²) in [6.07, 6.45) is 5.71. The van der Waals surface area contributed by atoms with Crippen molar-refractivity contribution in [2.45, 2.75) is 25.8 Å². The van der Waals surface area contributed by atoms with Crippen molar-refractivity contribution < 1.29 is 4.79 Å². The predicted octanol–water partition coefficient (Wildman–Crippen LogP) is 4.63. The number of rotatable bonds is 3. The van der Waals surface area contributed by atoms with E-state index in [9.17, 15) is 4.79 Å². The van der Waals surface area contributed by atoms with Crippen molar-refractivity contribution in [3.8, 4) is 11.1 Å². The second-order valence-corrected chi connectivity index (χ2v) is 7.43. The minimum Gasteiger partial charge on any atom is -0.349 e. The van der Waals surface area contributed by atoms with Gasteiger partial charge in [0.25, 0.3) is 5.91 Å². The highest BCUT2D eigenvalue weighted by molar-refractivity contribution is 6.35. The third kappa shape index (κ3) is 2.84. The molecule has 0 saturated heterocycles.